The molecule has 3 aromatic rings. The van der Waals surface area contributed by atoms with E-state index in [0.717, 1.165) is 33.0 Å². The van der Waals surface area contributed by atoms with Crippen molar-refractivity contribution in [3.05, 3.63) is 47.1 Å². The molecule has 0 spiro atoms. The van der Waals surface area contributed by atoms with Crippen molar-refractivity contribution in [2.45, 2.75) is 0 Å². The summed E-state index contributed by atoms with van der Waals surface area (Å²) in [6, 6.07) is 11.7. The van der Waals surface area contributed by atoms with Gasteiger partial charge in [-0.2, -0.15) is 0 Å². The van der Waals surface area contributed by atoms with Gasteiger partial charge in [-0.15, -0.1) is 0 Å². The number of imidazole rings is 1. The molecule has 1 aromatic carbocycles. The van der Waals surface area contributed by atoms with Crippen molar-refractivity contribution in [2.24, 2.45) is 0 Å². The minimum Gasteiger partial charge on any atom is -0.496 e. The second-order valence-electron chi connectivity index (χ2n) is 4.27. The number of hydrogen-bond donors (Lipinski definition) is 0. The van der Waals surface area contributed by atoms with Gasteiger partial charge in [0, 0.05) is 11.8 Å². The van der Waals surface area contributed by atoms with Gasteiger partial charge in [0.1, 0.15) is 11.4 Å². The molecule has 0 radical (unpaired) electrons. The smallest absolute Gasteiger partial charge is 0.198 e. The standard InChI is InChI=1S/C15H13BrN2O2/c1-19-13-7-6-10(8-11(13)16)12-9-18-14(17-12)4-3-5-15(18)20-2/h3-9H,1-2H3. The number of methoxy groups -OCH3 is 2. The fourth-order valence-electron chi connectivity index (χ4n) is 2.12. The van der Waals surface area contributed by atoms with Crippen LogP contribution in [0.15, 0.2) is 47.1 Å². The molecule has 5 heteroatoms. The molecule has 0 saturated heterocycles. The van der Waals surface area contributed by atoms with Crippen LogP contribution in [0.3, 0.4) is 0 Å². The second kappa shape index (κ2) is 5.17. The molecule has 4 nitrogen and oxygen atoms in total. The lowest BCUT2D eigenvalue weighted by Gasteiger charge is -2.04. The molecule has 0 bridgehead atoms. The second-order valence-corrected chi connectivity index (χ2v) is 5.13. The first-order chi connectivity index (χ1) is 9.72. The van der Waals surface area contributed by atoms with Crippen molar-refractivity contribution in [3.63, 3.8) is 0 Å². The number of halogens is 1. The van der Waals surface area contributed by atoms with Gasteiger partial charge in [-0.25, -0.2) is 4.98 Å². The van der Waals surface area contributed by atoms with E-state index in [1.165, 1.54) is 0 Å². The van der Waals surface area contributed by atoms with Gasteiger partial charge >= 0.3 is 0 Å². The van der Waals surface area contributed by atoms with Gasteiger partial charge in [-0.3, -0.25) is 4.40 Å². The Labute approximate surface area is 125 Å². The molecule has 2 aromatic heterocycles. The molecule has 0 aliphatic rings. The van der Waals surface area contributed by atoms with Crippen LogP contribution in [0.4, 0.5) is 0 Å². The summed E-state index contributed by atoms with van der Waals surface area (Å²) in [6.07, 6.45) is 1.96. The summed E-state index contributed by atoms with van der Waals surface area (Å²) in [6.45, 7) is 0. The van der Waals surface area contributed by atoms with E-state index in [-0.39, 0.29) is 0 Å². The van der Waals surface area contributed by atoms with Crippen LogP contribution in [0.1, 0.15) is 0 Å². The Kier molecular flexibility index (Phi) is 3.36. The first kappa shape index (κ1) is 13.0. The summed E-state index contributed by atoms with van der Waals surface area (Å²) >= 11 is 3.49. The number of nitrogens with zero attached hydrogens (tertiary/aromatic N) is 2. The molecule has 0 saturated carbocycles. The summed E-state index contributed by atoms with van der Waals surface area (Å²) in [7, 11) is 3.30. The normalized spacial score (nSPS) is 10.8. The van der Waals surface area contributed by atoms with Gasteiger partial charge in [0.2, 0.25) is 0 Å². The predicted molar refractivity (Wildman–Crippen MR) is 81.4 cm³/mol. The first-order valence-electron chi connectivity index (χ1n) is 6.09. The Morgan fingerprint density at radius 1 is 1.10 bits per heavy atom. The molecule has 3 rings (SSSR count). The SMILES string of the molecule is COc1ccc(-c2cn3c(OC)cccc3n2)cc1Br. The average Bonchev–Trinajstić information content (AvgIpc) is 2.91. The number of rotatable bonds is 3. The predicted octanol–water partition coefficient (Wildman–Crippen LogP) is 3.78. The van der Waals surface area contributed by atoms with Gasteiger partial charge < -0.3 is 9.47 Å². The number of hydrogen-bond acceptors (Lipinski definition) is 3. The van der Waals surface area contributed by atoms with Crippen molar-refractivity contribution in [3.8, 4) is 22.9 Å². The highest BCUT2D eigenvalue weighted by atomic mass is 79.9. The van der Waals surface area contributed by atoms with Gasteiger partial charge in [-0.05, 0) is 46.3 Å². The molecule has 2 heterocycles. The highest BCUT2D eigenvalue weighted by Crippen LogP contribution is 2.30. The van der Waals surface area contributed by atoms with E-state index in [4.69, 9.17) is 9.47 Å². The Morgan fingerprint density at radius 2 is 1.95 bits per heavy atom. The number of benzene rings is 1. The van der Waals surface area contributed by atoms with Crippen molar-refractivity contribution < 1.29 is 9.47 Å². The monoisotopic (exact) mass is 332 g/mol. The van der Waals surface area contributed by atoms with Gasteiger partial charge in [0.05, 0.1) is 24.4 Å². The minimum absolute atomic E-state index is 0.758. The fraction of sp³-hybridized carbons (Fsp3) is 0.133. The lowest BCUT2D eigenvalue weighted by molar-refractivity contribution is 0.392. The Morgan fingerprint density at radius 3 is 2.65 bits per heavy atom. The molecule has 0 unspecified atom stereocenters. The largest absolute Gasteiger partial charge is 0.496 e. The number of aromatic nitrogens is 2. The fourth-order valence-corrected chi connectivity index (χ4v) is 2.66. The zero-order valence-corrected chi connectivity index (χ0v) is 12.7. The third-order valence-electron chi connectivity index (χ3n) is 3.11. The zero-order chi connectivity index (χ0) is 14.1. The third-order valence-corrected chi connectivity index (χ3v) is 3.73. The average molecular weight is 333 g/mol. The lowest BCUT2D eigenvalue weighted by Crippen LogP contribution is -1.91. The summed E-state index contributed by atoms with van der Waals surface area (Å²) in [4.78, 5) is 4.61. The Bertz CT molecular complexity index is 768. The van der Waals surface area contributed by atoms with Crippen LogP contribution < -0.4 is 9.47 Å². The van der Waals surface area contributed by atoms with Gasteiger partial charge in [0.15, 0.2) is 5.88 Å². The summed E-state index contributed by atoms with van der Waals surface area (Å²) < 4.78 is 13.4. The van der Waals surface area contributed by atoms with E-state index in [9.17, 15) is 0 Å². The third kappa shape index (κ3) is 2.14. The maximum absolute atomic E-state index is 5.33. The van der Waals surface area contributed by atoms with E-state index in [1.807, 2.05) is 47.0 Å². The molecule has 0 atom stereocenters. The number of fused-ring (bicyclic) bond motifs is 1. The Balaban J connectivity index is 2.12. The summed E-state index contributed by atoms with van der Waals surface area (Å²) in [5.41, 5.74) is 2.76. The van der Waals surface area contributed by atoms with Gasteiger partial charge in [-0.1, -0.05) is 6.07 Å². The topological polar surface area (TPSA) is 35.8 Å². The van der Waals surface area contributed by atoms with E-state index in [0.29, 0.717) is 0 Å². The molecule has 20 heavy (non-hydrogen) atoms. The summed E-state index contributed by atoms with van der Waals surface area (Å²) in [5, 5.41) is 0. The Hall–Kier alpha value is -2.01. The molecule has 0 aliphatic carbocycles. The maximum Gasteiger partial charge on any atom is 0.198 e. The molecule has 0 N–H and O–H groups in total. The van der Waals surface area contributed by atoms with Gasteiger partial charge in [0.25, 0.3) is 0 Å². The van der Waals surface area contributed by atoms with E-state index < -0.39 is 0 Å². The van der Waals surface area contributed by atoms with E-state index in [1.54, 1.807) is 14.2 Å². The maximum atomic E-state index is 5.33. The van der Waals surface area contributed by atoms with Crippen molar-refractivity contribution >= 4 is 21.6 Å². The summed E-state index contributed by atoms with van der Waals surface area (Å²) in [5.74, 6) is 1.56. The van der Waals surface area contributed by atoms with Crippen LogP contribution in [0.25, 0.3) is 16.9 Å². The molecular weight excluding hydrogens is 320 g/mol. The van der Waals surface area contributed by atoms with Crippen LogP contribution in [0, 0.1) is 0 Å². The van der Waals surface area contributed by atoms with E-state index >= 15 is 0 Å². The first-order valence-corrected chi connectivity index (χ1v) is 6.88. The quantitative estimate of drug-likeness (QED) is 0.732. The van der Waals surface area contributed by atoms with Crippen LogP contribution in [-0.4, -0.2) is 23.6 Å². The number of ether oxygens (including phenoxy) is 2. The van der Waals surface area contributed by atoms with E-state index in [2.05, 4.69) is 20.9 Å². The molecule has 0 amide bonds. The van der Waals surface area contributed by atoms with Crippen LogP contribution in [0.5, 0.6) is 11.6 Å². The zero-order valence-electron chi connectivity index (χ0n) is 11.1. The molecular formula is C15H13BrN2O2. The van der Waals surface area contributed by atoms with Crippen molar-refractivity contribution in [2.75, 3.05) is 14.2 Å². The lowest BCUT2D eigenvalue weighted by atomic mass is 10.2. The molecule has 0 aliphatic heterocycles. The molecule has 0 fully saturated rings. The van der Waals surface area contributed by atoms with Crippen molar-refractivity contribution in [1.82, 2.24) is 9.38 Å². The highest BCUT2D eigenvalue weighted by Gasteiger charge is 2.09. The van der Waals surface area contributed by atoms with Crippen LogP contribution >= 0.6 is 15.9 Å². The molecule has 102 valence electrons. The van der Waals surface area contributed by atoms with Crippen molar-refractivity contribution in [1.29, 1.82) is 0 Å². The highest BCUT2D eigenvalue weighted by molar-refractivity contribution is 9.10. The minimum atomic E-state index is 0.758. The number of pyridine rings is 1. The van der Waals surface area contributed by atoms with Crippen LogP contribution in [0.2, 0.25) is 0 Å². The van der Waals surface area contributed by atoms with Crippen LogP contribution in [-0.2, 0) is 0 Å².